The van der Waals surface area contributed by atoms with Gasteiger partial charge in [-0.2, -0.15) is 37.0 Å². The van der Waals surface area contributed by atoms with Crippen LogP contribution in [-0.2, 0) is 63.2 Å². The fraction of sp³-hybridized carbons (Fsp3) is 0.577. The third-order valence-corrected chi connectivity index (χ3v) is 16.6. The molecule has 4 heterocycles. The summed E-state index contributed by atoms with van der Waals surface area (Å²) >= 11 is 0. The molecule has 2 aliphatic rings. The second-order valence-corrected chi connectivity index (χ2v) is 22.5. The molecule has 0 radical (unpaired) electrons. The topological polar surface area (TPSA) is 537 Å². The maximum Gasteiger partial charge on any atom is 0.490 e. The number of nitrogens with zero attached hydrogens (tertiary/aromatic N) is 5. The van der Waals surface area contributed by atoms with E-state index in [9.17, 15) is 66.8 Å². The number of nitrogens with two attached hydrogens (primary N) is 2. The van der Waals surface area contributed by atoms with Crippen LogP contribution in [0.5, 0.6) is 0 Å². The molecule has 0 aromatic carbocycles. The molecule has 41 heteroatoms. The van der Waals surface area contributed by atoms with Gasteiger partial charge < -0.3 is 75.7 Å². The van der Waals surface area contributed by atoms with Gasteiger partial charge >= 0.3 is 58.3 Å². The van der Waals surface area contributed by atoms with E-state index in [-0.39, 0.29) is 11.5 Å². The Morgan fingerprint density at radius 2 is 1.22 bits per heavy atom. The van der Waals surface area contributed by atoms with Gasteiger partial charge in [0.25, 0.3) is 0 Å². The van der Waals surface area contributed by atoms with Crippen molar-refractivity contribution in [3.63, 3.8) is 0 Å². The maximum absolute atomic E-state index is 13.8. The van der Waals surface area contributed by atoms with E-state index < -0.39 is 124 Å². The minimum atomic E-state index is -6.01. The summed E-state index contributed by atoms with van der Waals surface area (Å²) in [6.07, 6.45) is -14.7. The highest BCUT2D eigenvalue weighted by Gasteiger charge is 2.61. The summed E-state index contributed by atoms with van der Waals surface area (Å²) in [5, 5.41) is 27.0. The maximum atomic E-state index is 13.8. The second kappa shape index (κ2) is 20.4. The average molecular weight is 1080 g/mol. The first-order valence-corrected chi connectivity index (χ1v) is 26.8. The number of phosphoric acid groups is 6. The third kappa shape index (κ3) is 13.9. The van der Waals surface area contributed by atoms with Crippen LogP contribution >= 0.6 is 46.9 Å². The van der Waals surface area contributed by atoms with E-state index in [1.54, 1.807) is 0 Å². The van der Waals surface area contributed by atoms with Crippen LogP contribution in [0.25, 0.3) is 0 Å². The molecule has 0 saturated carbocycles. The van der Waals surface area contributed by atoms with Gasteiger partial charge in [-0.05, 0) is 34.6 Å². The van der Waals surface area contributed by atoms with Gasteiger partial charge in [0.1, 0.15) is 36.1 Å². The average Bonchev–Trinajstić information content (AvgIpc) is 3.53. The monoisotopic (exact) mass is 1080 g/mol. The first-order chi connectivity index (χ1) is 30.4. The molecule has 0 bridgehead atoms. The Balaban J connectivity index is 1.69. The lowest BCUT2D eigenvalue weighted by atomic mass is 9.89. The zero-order chi connectivity index (χ0) is 51.1. The number of aromatic nitrogens is 5. The van der Waals surface area contributed by atoms with Crippen molar-refractivity contribution in [3.05, 3.63) is 38.9 Å². The first kappa shape index (κ1) is 56.6. The Hall–Kier alpha value is -3.01. The molecule has 2 fully saturated rings. The van der Waals surface area contributed by atoms with Crippen LogP contribution in [0.4, 0.5) is 11.6 Å². The Morgan fingerprint density at radius 1 is 0.746 bits per heavy atom. The molecule has 0 aliphatic carbocycles. The van der Waals surface area contributed by atoms with Crippen molar-refractivity contribution in [2.45, 2.75) is 94.8 Å². The van der Waals surface area contributed by atoms with E-state index in [1.807, 2.05) is 0 Å². The number of hydrazine groups is 1. The molecular formula is C26H41N9O26P6. The fourth-order valence-corrected chi connectivity index (χ4v) is 12.8. The van der Waals surface area contributed by atoms with E-state index in [1.165, 1.54) is 20.8 Å². The van der Waals surface area contributed by atoms with Gasteiger partial charge in [0.2, 0.25) is 0 Å². The van der Waals surface area contributed by atoms with Crippen LogP contribution in [0.15, 0.2) is 21.9 Å². The van der Waals surface area contributed by atoms with Crippen LogP contribution in [0, 0.1) is 30.6 Å². The van der Waals surface area contributed by atoms with E-state index in [0.29, 0.717) is 4.68 Å². The van der Waals surface area contributed by atoms with Gasteiger partial charge in [0, 0.05) is 11.8 Å². The molecule has 4 rings (SSSR count). The number of hydrogen-bond donors (Lipinski definition) is 14. The predicted molar refractivity (Wildman–Crippen MR) is 216 cm³/mol. The van der Waals surface area contributed by atoms with Crippen molar-refractivity contribution in [2.24, 2.45) is 5.73 Å². The molecule has 16 N–H and O–H groups in total. The lowest BCUT2D eigenvalue weighted by Gasteiger charge is -2.33. The number of ether oxygens (including phenoxy) is 2. The van der Waals surface area contributed by atoms with Crippen LogP contribution < -0.4 is 33.7 Å². The Morgan fingerprint density at radius 3 is 1.67 bits per heavy atom. The molecule has 2 aromatic rings. The molecule has 376 valence electrons. The van der Waals surface area contributed by atoms with Gasteiger partial charge in [-0.15, -0.1) is 11.8 Å². The van der Waals surface area contributed by atoms with Gasteiger partial charge in [-0.1, -0.05) is 11.8 Å². The zero-order valence-electron chi connectivity index (χ0n) is 34.4. The fourth-order valence-electron chi connectivity index (χ4n) is 6.40. The van der Waals surface area contributed by atoms with E-state index in [4.69, 9.17) is 49.6 Å². The van der Waals surface area contributed by atoms with Gasteiger partial charge in [-0.25, -0.2) is 42.4 Å². The minimum absolute atomic E-state index is 0.117. The van der Waals surface area contributed by atoms with Crippen molar-refractivity contribution < 1.29 is 113 Å². The van der Waals surface area contributed by atoms with Crippen LogP contribution in [0.1, 0.15) is 45.8 Å². The molecule has 2 saturated heterocycles. The number of nitrogen functional groups attached to an aromatic ring is 1. The largest absolute Gasteiger partial charge is 0.490 e. The number of rotatable bonds is 19. The first-order valence-electron chi connectivity index (χ1n) is 17.7. The molecule has 14 atom stereocenters. The molecular weight excluding hydrogens is 1040 g/mol. The van der Waals surface area contributed by atoms with E-state index in [2.05, 4.69) is 66.8 Å². The van der Waals surface area contributed by atoms with Crippen LogP contribution in [0.2, 0.25) is 0 Å². The van der Waals surface area contributed by atoms with Crippen LogP contribution in [0.3, 0.4) is 0 Å². The molecule has 6 unspecified atom stereocenters. The molecule has 67 heavy (non-hydrogen) atoms. The summed E-state index contributed by atoms with van der Waals surface area (Å²) in [4.78, 5) is 109. The highest BCUT2D eigenvalue weighted by molar-refractivity contribution is 7.67. The molecule has 2 aliphatic heterocycles. The van der Waals surface area contributed by atoms with Crippen molar-refractivity contribution in [3.8, 4) is 23.7 Å². The quantitative estimate of drug-likeness (QED) is 0.0383. The number of hydrogen-bond acceptors (Lipinski definition) is 25. The summed E-state index contributed by atoms with van der Waals surface area (Å²) in [5.41, 5.74) is 9.83. The lowest BCUT2D eigenvalue weighted by molar-refractivity contribution is -0.0798. The normalized spacial score (nSPS) is 30.0. The minimum Gasteiger partial charge on any atom is -0.387 e. The third-order valence-electron chi connectivity index (χ3n) is 8.71. The predicted octanol–water partition coefficient (Wildman–Crippen LogP) is -2.83. The number of aliphatic hydroxyl groups excluding tert-OH is 2. The van der Waals surface area contributed by atoms with Crippen LogP contribution in [-0.4, -0.2) is 121 Å². The highest BCUT2D eigenvalue weighted by atomic mass is 31.3. The number of aliphatic hydroxyl groups is 2. The summed E-state index contributed by atoms with van der Waals surface area (Å²) < 4.78 is 109. The van der Waals surface area contributed by atoms with Gasteiger partial charge in [0.15, 0.2) is 23.5 Å². The number of aryl methyl sites for hydroxylation is 1. The van der Waals surface area contributed by atoms with Gasteiger partial charge in [0.05, 0.1) is 18.4 Å². The smallest absolute Gasteiger partial charge is 0.387 e. The summed E-state index contributed by atoms with van der Waals surface area (Å²) in [6, 6.07) is 1.11. The Bertz CT molecular complexity index is 2770. The van der Waals surface area contributed by atoms with Crippen molar-refractivity contribution >= 4 is 58.6 Å². The zero-order valence-corrected chi connectivity index (χ0v) is 39.7. The summed E-state index contributed by atoms with van der Waals surface area (Å²) in [7, 11) is -35.2. The number of nitrogens with one attached hydrogen (secondary N) is 2. The van der Waals surface area contributed by atoms with E-state index in [0.717, 1.165) is 30.7 Å². The molecule has 2 aromatic heterocycles. The number of phosphoric ester groups is 2. The summed E-state index contributed by atoms with van der Waals surface area (Å²) in [5.74, 6) is 9.12. The van der Waals surface area contributed by atoms with Gasteiger partial charge in [-0.3, -0.25) is 13.6 Å². The Labute approximate surface area is 374 Å². The molecule has 35 nitrogen and oxygen atoms in total. The van der Waals surface area contributed by atoms with E-state index >= 15 is 0 Å². The lowest BCUT2D eigenvalue weighted by Crippen LogP contribution is -2.60. The SMILES string of the molecule is CC#CC1(N)[C@@H](O)[C@@H]([C@@H](C)OP(=O)(O)OP(=O)(O)OP(=O)(O)O)O[C@H]1n1c(C)cc(NNC2(C#CC)[C@@H](O)[C@@H]([C@@H](C)OP(=O)(O)OP(=O)(O)OP(=O)(O)O)O[C@H]2n2ncc(N)nc2=O)nc1=O. The summed E-state index contributed by atoms with van der Waals surface area (Å²) in [6.45, 7) is 5.67. The van der Waals surface area contributed by atoms with Crippen molar-refractivity contribution in [2.75, 3.05) is 11.2 Å². The number of anilines is 2. The van der Waals surface area contributed by atoms with Crippen molar-refractivity contribution in [1.29, 1.82) is 0 Å². The molecule has 0 spiro atoms. The second-order valence-electron chi connectivity index (χ2n) is 13.7. The van der Waals surface area contributed by atoms with Crippen molar-refractivity contribution in [1.82, 2.24) is 29.7 Å². The molecule has 0 amide bonds. The highest BCUT2D eigenvalue weighted by Crippen LogP contribution is 2.68. The Kier molecular flexibility index (Phi) is 17.2. The standard InChI is InChI=1S/C26H41N9O26P6/c1-6-8-25(28)19(36)17(13(4)56-64(46,47)60-66(50,51)58-62(40,41)42)54-21(25)34-12(3)10-16(31-23(34)38)32-33-26(9-7-2)20(37)18(55-22(26)35-24(39)30-15(27)11-29-35)14(5)57-65(48,49)61-67(52,53)59-63(43,44)45/h10-11,13-14,17-22,33,36-37H,28H2,1-5H3,(H,46,47)(H,48,49)(H,50,51)(H,52,53)(H2,27,30,39)(H,31,32,38)(H2,40,41,42)(H2,43,44,45)/t13-,14-,17-,18-,19+,20+,21-,22-,25?,26?/m1/s1.